The Kier molecular flexibility index (Phi) is 6.30. The molecule has 22 heavy (non-hydrogen) atoms. The van der Waals surface area contributed by atoms with Gasteiger partial charge in [0, 0.05) is 17.1 Å². The molecule has 1 aromatic carbocycles. The zero-order valence-corrected chi connectivity index (χ0v) is 14.4. The van der Waals surface area contributed by atoms with Crippen LogP contribution < -0.4 is 10.5 Å². The number of hydrogen-bond acceptors (Lipinski definition) is 3. The van der Waals surface area contributed by atoms with Gasteiger partial charge in [0.1, 0.15) is 0 Å². The van der Waals surface area contributed by atoms with Crippen LogP contribution in [0.25, 0.3) is 0 Å². The average molecular weight is 424 g/mol. The molecule has 0 aromatic heterocycles. The molecule has 0 heterocycles. The van der Waals surface area contributed by atoms with Crippen LogP contribution in [0.2, 0.25) is 0 Å². The molecule has 0 radical (unpaired) electrons. The van der Waals surface area contributed by atoms with Gasteiger partial charge in [-0.25, -0.2) is 13.1 Å². The Bertz CT molecular complexity index is 636. The van der Waals surface area contributed by atoms with Crippen LogP contribution in [0, 0.1) is 5.92 Å². The molecule has 3 N–H and O–H groups in total. The predicted molar refractivity (Wildman–Crippen MR) is 82.3 cm³/mol. The zero-order valence-electron chi connectivity index (χ0n) is 11.2. The van der Waals surface area contributed by atoms with E-state index < -0.39 is 26.7 Å². The second-order valence-electron chi connectivity index (χ2n) is 5.03. The fourth-order valence-corrected chi connectivity index (χ4v) is 3.65. The van der Waals surface area contributed by atoms with Crippen molar-refractivity contribution in [1.29, 1.82) is 0 Å². The van der Waals surface area contributed by atoms with E-state index in [9.17, 15) is 21.6 Å². The molecule has 0 bridgehead atoms. The third kappa shape index (κ3) is 5.09. The van der Waals surface area contributed by atoms with Crippen molar-refractivity contribution in [2.45, 2.75) is 30.0 Å². The summed E-state index contributed by atoms with van der Waals surface area (Å²) in [5, 5.41) is 0. The van der Waals surface area contributed by atoms with Gasteiger partial charge in [-0.2, -0.15) is 13.2 Å². The van der Waals surface area contributed by atoms with E-state index >= 15 is 0 Å². The van der Waals surface area contributed by atoms with Crippen molar-refractivity contribution in [1.82, 2.24) is 4.72 Å². The molecule has 1 aliphatic rings. The van der Waals surface area contributed by atoms with Crippen LogP contribution in [0.3, 0.4) is 0 Å². The molecule has 1 aliphatic carbocycles. The molecule has 0 aliphatic heterocycles. The lowest BCUT2D eigenvalue weighted by molar-refractivity contribution is -0.137. The van der Waals surface area contributed by atoms with Crippen LogP contribution in [0.4, 0.5) is 13.2 Å². The van der Waals surface area contributed by atoms with Crippen molar-refractivity contribution in [3.63, 3.8) is 0 Å². The normalized spacial score (nSPS) is 17.0. The second-order valence-corrected chi connectivity index (χ2v) is 7.71. The van der Waals surface area contributed by atoms with Gasteiger partial charge in [0.2, 0.25) is 10.0 Å². The Morgan fingerprint density at radius 2 is 1.91 bits per heavy atom. The van der Waals surface area contributed by atoms with Gasteiger partial charge in [0.15, 0.2) is 0 Å². The zero-order chi connectivity index (χ0) is 15.8. The predicted octanol–water partition coefficient (Wildman–Crippen LogP) is 2.91. The van der Waals surface area contributed by atoms with Gasteiger partial charge in [-0.15, -0.1) is 12.4 Å². The van der Waals surface area contributed by atoms with Gasteiger partial charge < -0.3 is 5.73 Å². The van der Waals surface area contributed by atoms with E-state index in [4.69, 9.17) is 5.73 Å². The number of rotatable bonds is 5. The van der Waals surface area contributed by atoms with Gasteiger partial charge in [-0.1, -0.05) is 15.9 Å². The van der Waals surface area contributed by atoms with Gasteiger partial charge in [0.25, 0.3) is 0 Å². The first-order valence-corrected chi connectivity index (χ1v) is 8.50. The highest BCUT2D eigenvalue weighted by Crippen LogP contribution is 2.33. The molecule has 2 rings (SSSR count). The lowest BCUT2D eigenvalue weighted by Crippen LogP contribution is -2.38. The summed E-state index contributed by atoms with van der Waals surface area (Å²) in [5.74, 6) is 0.293. The number of benzene rings is 1. The number of sulfonamides is 1. The van der Waals surface area contributed by atoms with Gasteiger partial charge in [-0.3, -0.25) is 0 Å². The number of alkyl halides is 3. The molecular formula is C12H15BrClF3N2O2S. The fourth-order valence-electron chi connectivity index (χ4n) is 1.86. The van der Waals surface area contributed by atoms with Crippen LogP contribution in [-0.4, -0.2) is 21.0 Å². The average Bonchev–Trinajstić information content (AvgIpc) is 3.18. The summed E-state index contributed by atoms with van der Waals surface area (Å²) in [6, 6.07) is 2.25. The lowest BCUT2D eigenvalue weighted by Gasteiger charge is -2.14. The minimum atomic E-state index is -4.61. The first kappa shape index (κ1) is 19.7. The van der Waals surface area contributed by atoms with E-state index in [0.29, 0.717) is 12.0 Å². The number of nitrogens with one attached hydrogen (secondary N) is 1. The van der Waals surface area contributed by atoms with Crippen molar-refractivity contribution in [2.24, 2.45) is 11.7 Å². The SMILES string of the molecule is Cl.NC(CNS(=O)(=O)c1cc(Br)cc(C(F)(F)F)c1)C1CC1. The smallest absolute Gasteiger partial charge is 0.326 e. The fraction of sp³-hybridized carbons (Fsp3) is 0.500. The summed E-state index contributed by atoms with van der Waals surface area (Å²) >= 11 is 2.89. The maximum Gasteiger partial charge on any atom is 0.416 e. The molecule has 1 saturated carbocycles. The van der Waals surface area contributed by atoms with Crippen LogP contribution >= 0.6 is 28.3 Å². The molecule has 1 fully saturated rings. The largest absolute Gasteiger partial charge is 0.416 e. The molecule has 0 saturated heterocycles. The summed E-state index contributed by atoms with van der Waals surface area (Å²) in [6.45, 7) is 0.0147. The maximum absolute atomic E-state index is 12.7. The molecule has 1 atom stereocenters. The van der Waals surface area contributed by atoms with E-state index in [0.717, 1.165) is 25.0 Å². The summed E-state index contributed by atoms with van der Waals surface area (Å²) in [4.78, 5) is -0.438. The molecule has 126 valence electrons. The van der Waals surface area contributed by atoms with Gasteiger partial charge in [0.05, 0.1) is 10.5 Å². The second kappa shape index (κ2) is 7.04. The summed E-state index contributed by atoms with van der Waals surface area (Å²) < 4.78 is 64.5. The topological polar surface area (TPSA) is 72.2 Å². The lowest BCUT2D eigenvalue weighted by atomic mass is 10.2. The van der Waals surface area contributed by atoms with Crippen molar-refractivity contribution in [3.8, 4) is 0 Å². The highest BCUT2D eigenvalue weighted by atomic mass is 79.9. The Labute approximate surface area is 141 Å². The Hall–Kier alpha value is -0.350. The Morgan fingerprint density at radius 3 is 2.41 bits per heavy atom. The highest BCUT2D eigenvalue weighted by molar-refractivity contribution is 9.10. The Morgan fingerprint density at radius 1 is 1.32 bits per heavy atom. The molecule has 1 unspecified atom stereocenters. The number of nitrogens with two attached hydrogens (primary N) is 1. The highest BCUT2D eigenvalue weighted by Gasteiger charge is 2.33. The van der Waals surface area contributed by atoms with Crippen LogP contribution in [0.1, 0.15) is 18.4 Å². The standard InChI is InChI=1S/C12H14BrF3N2O2S.ClH/c13-9-3-8(12(14,15)16)4-10(5-9)21(19,20)18-6-11(17)7-1-2-7;/h3-5,7,11,18H,1-2,6,17H2;1H. The van der Waals surface area contributed by atoms with Crippen molar-refractivity contribution < 1.29 is 21.6 Å². The van der Waals surface area contributed by atoms with E-state index in [1.54, 1.807) is 0 Å². The molecular weight excluding hydrogens is 409 g/mol. The first-order chi connectivity index (χ1) is 9.59. The van der Waals surface area contributed by atoms with E-state index in [-0.39, 0.29) is 29.5 Å². The third-order valence-electron chi connectivity index (χ3n) is 3.25. The van der Waals surface area contributed by atoms with E-state index in [1.165, 1.54) is 0 Å². The molecule has 10 heteroatoms. The van der Waals surface area contributed by atoms with Crippen LogP contribution in [0.5, 0.6) is 0 Å². The van der Waals surface area contributed by atoms with E-state index in [2.05, 4.69) is 20.7 Å². The summed E-state index contributed by atoms with van der Waals surface area (Å²) in [5.41, 5.74) is 4.75. The maximum atomic E-state index is 12.7. The quantitative estimate of drug-likeness (QED) is 0.765. The monoisotopic (exact) mass is 422 g/mol. The molecule has 0 amide bonds. The number of halogens is 5. The molecule has 0 spiro atoms. The molecule has 1 aromatic rings. The molecule has 4 nitrogen and oxygen atoms in total. The Balaban J connectivity index is 0.00000242. The minimum absolute atomic E-state index is 0. The van der Waals surface area contributed by atoms with Crippen molar-refractivity contribution in [2.75, 3.05) is 6.54 Å². The van der Waals surface area contributed by atoms with Crippen molar-refractivity contribution >= 4 is 38.4 Å². The summed E-state index contributed by atoms with van der Waals surface area (Å²) in [6.07, 6.45) is -2.70. The minimum Gasteiger partial charge on any atom is -0.326 e. The third-order valence-corrected chi connectivity index (χ3v) is 5.11. The summed E-state index contributed by atoms with van der Waals surface area (Å²) in [7, 11) is -4.03. The van der Waals surface area contributed by atoms with Gasteiger partial charge >= 0.3 is 6.18 Å². The van der Waals surface area contributed by atoms with Crippen molar-refractivity contribution in [3.05, 3.63) is 28.2 Å². The van der Waals surface area contributed by atoms with Crippen LogP contribution in [-0.2, 0) is 16.2 Å². The van der Waals surface area contributed by atoms with E-state index in [1.807, 2.05) is 0 Å². The van der Waals surface area contributed by atoms with Crippen LogP contribution in [0.15, 0.2) is 27.6 Å². The number of hydrogen-bond donors (Lipinski definition) is 2. The first-order valence-electron chi connectivity index (χ1n) is 6.22. The van der Waals surface area contributed by atoms with Gasteiger partial charge in [-0.05, 0) is 37.0 Å².